The number of anilines is 2. The fourth-order valence-electron chi connectivity index (χ4n) is 5.77. The summed E-state index contributed by atoms with van der Waals surface area (Å²) < 4.78 is 47.4. The van der Waals surface area contributed by atoms with Crippen LogP contribution in [0.25, 0.3) is 10.9 Å². The Morgan fingerprint density at radius 3 is 2.43 bits per heavy atom. The molecule has 44 heavy (non-hydrogen) atoms. The smallest absolute Gasteiger partial charge is 0.416 e. The fourth-order valence-corrected chi connectivity index (χ4v) is 5.77. The minimum absolute atomic E-state index is 0.00534. The molecule has 232 valence electrons. The zero-order valence-electron chi connectivity index (χ0n) is 24.6. The average Bonchev–Trinajstić information content (AvgIpc) is 2.93. The molecule has 0 radical (unpaired) electrons. The number of rotatable bonds is 5. The summed E-state index contributed by atoms with van der Waals surface area (Å²) in [5, 5.41) is 24.5. The van der Waals surface area contributed by atoms with Gasteiger partial charge in [-0.3, -0.25) is 19.8 Å². The minimum Gasteiger partial charge on any atom is -0.444 e. The quantitative estimate of drug-likeness (QED) is 0.307. The van der Waals surface area contributed by atoms with Crippen LogP contribution in [-0.4, -0.2) is 56.2 Å². The number of aromatic nitrogens is 2. The summed E-state index contributed by atoms with van der Waals surface area (Å²) >= 11 is 0. The van der Waals surface area contributed by atoms with Gasteiger partial charge in [0.25, 0.3) is 11.2 Å². The van der Waals surface area contributed by atoms with Gasteiger partial charge in [-0.05, 0) is 51.8 Å². The molecule has 0 saturated carbocycles. The second kappa shape index (κ2) is 10.7. The predicted molar refractivity (Wildman–Crippen MR) is 154 cm³/mol. The van der Waals surface area contributed by atoms with E-state index in [0.29, 0.717) is 30.2 Å². The van der Waals surface area contributed by atoms with Gasteiger partial charge in [0, 0.05) is 43.9 Å². The maximum absolute atomic E-state index is 13.6. The first-order chi connectivity index (χ1) is 20.5. The molecule has 2 unspecified atom stereocenters. The molecule has 0 aliphatic carbocycles. The van der Waals surface area contributed by atoms with Crippen molar-refractivity contribution in [3.63, 3.8) is 0 Å². The van der Waals surface area contributed by atoms with Crippen molar-refractivity contribution in [1.29, 1.82) is 5.26 Å². The van der Waals surface area contributed by atoms with E-state index in [4.69, 9.17) is 4.74 Å². The van der Waals surface area contributed by atoms with Crippen LogP contribution in [0.4, 0.5) is 35.2 Å². The van der Waals surface area contributed by atoms with Gasteiger partial charge in [0.05, 0.1) is 39.7 Å². The van der Waals surface area contributed by atoms with Gasteiger partial charge in [0.15, 0.2) is 0 Å². The van der Waals surface area contributed by atoms with Gasteiger partial charge in [-0.15, -0.1) is 0 Å². The van der Waals surface area contributed by atoms with Crippen molar-refractivity contribution >= 4 is 34.2 Å². The van der Waals surface area contributed by atoms with Crippen LogP contribution in [0.1, 0.15) is 56.8 Å². The van der Waals surface area contributed by atoms with Crippen molar-refractivity contribution in [1.82, 2.24) is 14.5 Å². The highest BCUT2D eigenvalue weighted by Crippen LogP contribution is 2.38. The molecule has 3 atom stereocenters. The monoisotopic (exact) mass is 613 g/mol. The molecule has 12 nitrogen and oxygen atoms in total. The third-order valence-corrected chi connectivity index (χ3v) is 7.82. The van der Waals surface area contributed by atoms with Crippen LogP contribution in [0.3, 0.4) is 0 Å². The first-order valence-corrected chi connectivity index (χ1v) is 13.8. The lowest BCUT2D eigenvalue weighted by Crippen LogP contribution is -2.71. The number of aryl methyl sites for hydroxylation is 1. The number of nitrogens with one attached hydrogen (secondary N) is 1. The minimum atomic E-state index is -4.80. The molecule has 3 aliphatic heterocycles. The molecule has 2 aromatic heterocycles. The highest BCUT2D eigenvalue weighted by atomic mass is 19.4. The second-order valence-corrected chi connectivity index (χ2v) is 12.1. The Kier molecular flexibility index (Phi) is 7.43. The number of piperazine rings is 1. The maximum Gasteiger partial charge on any atom is 0.416 e. The van der Waals surface area contributed by atoms with Crippen LogP contribution in [-0.2, 0) is 18.0 Å². The van der Waals surface area contributed by atoms with E-state index in [1.54, 1.807) is 31.7 Å². The molecule has 6 rings (SSSR count). The predicted octanol–water partition coefficient (Wildman–Crippen LogP) is 5.10. The fraction of sp³-hybridized carbons (Fsp3) is 0.448. The van der Waals surface area contributed by atoms with Gasteiger partial charge >= 0.3 is 12.3 Å². The zero-order valence-corrected chi connectivity index (χ0v) is 24.6. The third-order valence-electron chi connectivity index (χ3n) is 7.82. The number of nitrogens with zero attached hydrogens (tertiary/aromatic N) is 6. The number of pyridine rings is 2. The Bertz CT molecular complexity index is 1760. The number of piperidine rings is 1. The van der Waals surface area contributed by atoms with Crippen LogP contribution in [0.15, 0.2) is 35.3 Å². The molecule has 3 saturated heterocycles. The number of fused-ring (bicyclic) bond motifs is 3. The van der Waals surface area contributed by atoms with E-state index < -0.39 is 40.1 Å². The largest absolute Gasteiger partial charge is 0.444 e. The molecule has 15 heteroatoms. The first kappa shape index (κ1) is 30.6. The number of alkyl halides is 3. The summed E-state index contributed by atoms with van der Waals surface area (Å²) in [4.78, 5) is 44.6. The maximum atomic E-state index is 13.6. The standard InChI is InChI=1S/C29H30F3N7O5/c1-15(16-6-18(29(30,31)32)8-19(7-16)39(42)43)35-25-22-10-23(26(40)36(5)24(22)17(11-33)12-34-25)37-13-20-9-21(14-37)38(20)27(41)44-28(2,3)4/h6-8,10,12,15,20-21H,9,13-14H2,1-5H3,(H,34,35)/t15-,20?,21?/m1/s1. The lowest BCUT2D eigenvalue weighted by molar-refractivity contribution is -0.385. The van der Waals surface area contributed by atoms with E-state index in [-0.39, 0.29) is 40.1 Å². The summed E-state index contributed by atoms with van der Waals surface area (Å²) in [7, 11) is 1.51. The highest BCUT2D eigenvalue weighted by Gasteiger charge is 2.49. The Morgan fingerprint density at radius 1 is 1.20 bits per heavy atom. The van der Waals surface area contributed by atoms with Gasteiger partial charge in [-0.2, -0.15) is 18.4 Å². The summed E-state index contributed by atoms with van der Waals surface area (Å²) in [6.07, 6.45) is -3.21. The Morgan fingerprint density at radius 2 is 1.86 bits per heavy atom. The summed E-state index contributed by atoms with van der Waals surface area (Å²) in [6, 6.07) is 4.74. The molecular formula is C29H30F3N7O5. The van der Waals surface area contributed by atoms with Gasteiger partial charge < -0.3 is 19.5 Å². The van der Waals surface area contributed by atoms with Crippen LogP contribution < -0.4 is 15.8 Å². The van der Waals surface area contributed by atoms with Crippen molar-refractivity contribution in [3.05, 3.63) is 67.6 Å². The number of nitro groups is 1. The van der Waals surface area contributed by atoms with Crippen molar-refractivity contribution < 1.29 is 27.6 Å². The highest BCUT2D eigenvalue weighted by molar-refractivity contribution is 5.95. The van der Waals surface area contributed by atoms with Gasteiger partial charge in [0.1, 0.15) is 23.2 Å². The Balaban J connectivity index is 1.51. The van der Waals surface area contributed by atoms with Crippen LogP contribution in [0, 0.1) is 21.4 Å². The second-order valence-electron chi connectivity index (χ2n) is 12.1. The number of benzene rings is 1. The van der Waals surface area contributed by atoms with Gasteiger partial charge in [-0.25, -0.2) is 9.78 Å². The molecule has 5 heterocycles. The molecule has 1 aromatic carbocycles. The van der Waals surface area contributed by atoms with Crippen molar-refractivity contribution in [2.45, 2.75) is 64.0 Å². The Labute approximate surface area is 249 Å². The van der Waals surface area contributed by atoms with E-state index in [2.05, 4.69) is 10.3 Å². The number of hydrogen-bond acceptors (Lipinski definition) is 9. The van der Waals surface area contributed by atoms with E-state index in [1.807, 2.05) is 11.0 Å². The van der Waals surface area contributed by atoms with Crippen molar-refractivity contribution in [2.75, 3.05) is 23.3 Å². The Hall–Kier alpha value is -4.87. The van der Waals surface area contributed by atoms with Crippen LogP contribution in [0.5, 0.6) is 0 Å². The van der Waals surface area contributed by atoms with E-state index >= 15 is 0 Å². The number of ether oxygens (including phenoxy) is 1. The van der Waals surface area contributed by atoms with Crippen molar-refractivity contribution in [2.24, 2.45) is 7.05 Å². The van der Waals surface area contributed by atoms with E-state index in [0.717, 1.165) is 18.6 Å². The molecule has 3 aromatic rings. The lowest BCUT2D eigenvalue weighted by atomic mass is 9.87. The van der Waals surface area contributed by atoms with Crippen LogP contribution >= 0.6 is 0 Å². The number of carbonyl (C=O) groups excluding carboxylic acids is 1. The number of hydrogen-bond donors (Lipinski definition) is 1. The zero-order chi connectivity index (χ0) is 32.3. The number of nitriles is 1. The number of carbonyl (C=O) groups is 1. The molecule has 1 amide bonds. The molecule has 1 N–H and O–H groups in total. The number of nitro benzene ring substituents is 1. The van der Waals surface area contributed by atoms with Gasteiger partial charge in [0.2, 0.25) is 0 Å². The summed E-state index contributed by atoms with van der Waals surface area (Å²) in [5.41, 5.74) is -2.24. The first-order valence-electron chi connectivity index (χ1n) is 13.8. The number of amides is 1. The number of non-ortho nitro benzene ring substituents is 1. The lowest BCUT2D eigenvalue weighted by Gasteiger charge is -2.56. The molecule has 2 bridgehead atoms. The normalized spacial score (nSPS) is 18.8. The van der Waals surface area contributed by atoms with Crippen molar-refractivity contribution in [3.8, 4) is 6.07 Å². The molecular weight excluding hydrogens is 583 g/mol. The SMILES string of the molecule is C[C@@H](Nc1ncc(C#N)c2c1cc(N1CC3CC(C1)N3C(=O)OC(C)(C)C)c(=O)n2C)c1cc([N+](=O)[O-])cc(C(F)(F)F)c1. The summed E-state index contributed by atoms with van der Waals surface area (Å²) in [5.74, 6) is 0.168. The van der Waals surface area contributed by atoms with Gasteiger partial charge in [-0.1, -0.05) is 0 Å². The van der Waals surface area contributed by atoms with E-state index in [9.17, 15) is 38.1 Å². The van der Waals surface area contributed by atoms with E-state index in [1.165, 1.54) is 24.7 Å². The number of halogens is 3. The topological polar surface area (TPSA) is 147 Å². The molecule has 3 fully saturated rings. The molecule has 3 aliphatic rings. The van der Waals surface area contributed by atoms with Crippen LogP contribution in [0.2, 0.25) is 0 Å². The summed E-state index contributed by atoms with van der Waals surface area (Å²) in [6.45, 7) is 7.63. The third kappa shape index (κ3) is 5.59. The average molecular weight is 614 g/mol. The molecule has 0 spiro atoms.